The average molecular weight is 167 g/mol. The Kier molecular flexibility index (Phi) is 3.12. The van der Waals surface area contributed by atoms with E-state index in [0.29, 0.717) is 6.54 Å². The highest BCUT2D eigenvalue weighted by Crippen LogP contribution is 2.11. The Morgan fingerprint density at radius 1 is 1.67 bits per heavy atom. The molecule has 1 aliphatic rings. The lowest BCUT2D eigenvalue weighted by Gasteiger charge is -2.11. The molecule has 3 nitrogen and oxygen atoms in total. The van der Waals surface area contributed by atoms with Gasteiger partial charge in [-0.2, -0.15) is 0 Å². The highest BCUT2D eigenvalue weighted by atomic mass is 16.5. The van der Waals surface area contributed by atoms with E-state index >= 15 is 0 Å². The molecule has 0 aromatic carbocycles. The van der Waals surface area contributed by atoms with Gasteiger partial charge in [0.25, 0.3) is 5.91 Å². The molecule has 1 saturated heterocycles. The maximum absolute atomic E-state index is 11.2. The van der Waals surface area contributed by atoms with Crippen LogP contribution in [0.15, 0.2) is 0 Å². The Hall–Kier alpha value is -1.01. The molecule has 1 fully saturated rings. The van der Waals surface area contributed by atoms with Crippen LogP contribution >= 0.6 is 0 Å². The first kappa shape index (κ1) is 9.08. The van der Waals surface area contributed by atoms with Gasteiger partial charge in [0.15, 0.2) is 0 Å². The van der Waals surface area contributed by atoms with Gasteiger partial charge in [-0.15, -0.1) is 0 Å². The van der Waals surface area contributed by atoms with E-state index in [-0.39, 0.29) is 12.0 Å². The van der Waals surface area contributed by atoms with Crippen molar-refractivity contribution in [1.82, 2.24) is 4.90 Å². The van der Waals surface area contributed by atoms with Crippen molar-refractivity contribution in [2.45, 2.75) is 19.4 Å². The number of likely N-dealkylation sites (tertiary alicyclic amines) is 1. The molecule has 0 N–H and O–H groups in total. The Morgan fingerprint density at radius 3 is 2.92 bits per heavy atom. The lowest BCUT2D eigenvalue weighted by molar-refractivity contribution is -0.124. The topological polar surface area (TPSA) is 29.5 Å². The smallest absolute Gasteiger partial charge is 0.298 e. The molecule has 0 bridgehead atoms. The number of ether oxygens (including phenoxy) is 1. The van der Waals surface area contributed by atoms with Crippen molar-refractivity contribution in [1.29, 1.82) is 0 Å². The van der Waals surface area contributed by atoms with E-state index < -0.39 is 0 Å². The Morgan fingerprint density at radius 2 is 2.42 bits per heavy atom. The predicted molar refractivity (Wildman–Crippen MR) is 45.4 cm³/mol. The minimum Gasteiger partial charge on any atom is -0.380 e. The zero-order valence-corrected chi connectivity index (χ0v) is 7.46. The highest BCUT2D eigenvalue weighted by Gasteiger charge is 2.24. The molecule has 12 heavy (non-hydrogen) atoms. The van der Waals surface area contributed by atoms with Gasteiger partial charge in [-0.3, -0.25) is 4.79 Å². The number of rotatable bonds is 1. The molecule has 0 radical (unpaired) electrons. The van der Waals surface area contributed by atoms with E-state index in [2.05, 4.69) is 11.8 Å². The zero-order chi connectivity index (χ0) is 8.97. The van der Waals surface area contributed by atoms with Crippen molar-refractivity contribution < 1.29 is 9.53 Å². The van der Waals surface area contributed by atoms with Gasteiger partial charge in [-0.05, 0) is 19.3 Å². The maximum Gasteiger partial charge on any atom is 0.298 e. The minimum absolute atomic E-state index is 0.0861. The van der Waals surface area contributed by atoms with Crippen molar-refractivity contribution in [3.05, 3.63) is 0 Å². The first-order valence-electron chi connectivity index (χ1n) is 4.02. The van der Waals surface area contributed by atoms with E-state index in [1.165, 1.54) is 0 Å². The minimum atomic E-state index is -0.0861. The van der Waals surface area contributed by atoms with Crippen molar-refractivity contribution in [3.63, 3.8) is 0 Å². The summed E-state index contributed by atoms with van der Waals surface area (Å²) in [6.45, 7) is 3.12. The van der Waals surface area contributed by atoms with Crippen LogP contribution in [0.3, 0.4) is 0 Å². The van der Waals surface area contributed by atoms with Crippen LogP contribution in [0.5, 0.6) is 0 Å². The molecule has 0 saturated carbocycles. The van der Waals surface area contributed by atoms with Crippen molar-refractivity contribution in [3.8, 4) is 11.8 Å². The van der Waals surface area contributed by atoms with Crippen LogP contribution in [0.2, 0.25) is 0 Å². The largest absolute Gasteiger partial charge is 0.380 e. The Balaban J connectivity index is 2.44. The maximum atomic E-state index is 11.2. The lowest BCUT2D eigenvalue weighted by atomic mass is 10.3. The molecule has 1 heterocycles. The second-order valence-electron chi connectivity index (χ2n) is 2.77. The van der Waals surface area contributed by atoms with Crippen LogP contribution in [-0.4, -0.2) is 37.1 Å². The number of methoxy groups -OCH3 is 1. The molecule has 3 heteroatoms. The van der Waals surface area contributed by atoms with Gasteiger partial charge in [0.1, 0.15) is 0 Å². The normalized spacial score (nSPS) is 21.8. The monoisotopic (exact) mass is 167 g/mol. The Labute approximate surface area is 72.7 Å². The SMILES string of the molecule is CC#CC(=O)N1CC[C@H](OC)C1. The summed E-state index contributed by atoms with van der Waals surface area (Å²) in [6, 6.07) is 0. The third kappa shape index (κ3) is 1.99. The average Bonchev–Trinajstić information content (AvgIpc) is 2.52. The van der Waals surface area contributed by atoms with E-state index in [1.807, 2.05) is 0 Å². The van der Waals surface area contributed by atoms with Gasteiger partial charge in [0.05, 0.1) is 6.10 Å². The van der Waals surface area contributed by atoms with E-state index in [1.54, 1.807) is 18.9 Å². The number of hydrogen-bond donors (Lipinski definition) is 0. The number of nitrogens with zero attached hydrogens (tertiary/aromatic N) is 1. The first-order chi connectivity index (χ1) is 5.77. The summed E-state index contributed by atoms with van der Waals surface area (Å²) in [4.78, 5) is 12.9. The van der Waals surface area contributed by atoms with Crippen LogP contribution < -0.4 is 0 Å². The molecule has 0 aromatic heterocycles. The summed E-state index contributed by atoms with van der Waals surface area (Å²) < 4.78 is 5.13. The third-order valence-electron chi connectivity index (χ3n) is 2.00. The highest BCUT2D eigenvalue weighted by molar-refractivity contribution is 5.93. The van der Waals surface area contributed by atoms with E-state index in [4.69, 9.17) is 4.74 Å². The van der Waals surface area contributed by atoms with Gasteiger partial charge in [0.2, 0.25) is 0 Å². The van der Waals surface area contributed by atoms with Crippen LogP contribution in [0.25, 0.3) is 0 Å². The van der Waals surface area contributed by atoms with Gasteiger partial charge in [0, 0.05) is 20.2 Å². The number of carbonyl (C=O) groups excluding carboxylic acids is 1. The quantitative estimate of drug-likeness (QED) is 0.524. The molecule has 1 rings (SSSR count). The fraction of sp³-hybridized carbons (Fsp3) is 0.667. The summed E-state index contributed by atoms with van der Waals surface area (Å²) in [5, 5.41) is 0. The number of hydrogen-bond acceptors (Lipinski definition) is 2. The summed E-state index contributed by atoms with van der Waals surface area (Å²) >= 11 is 0. The number of amides is 1. The standard InChI is InChI=1S/C9H13NO2/c1-3-4-9(11)10-6-5-8(7-10)12-2/h8H,5-7H2,1-2H3/t8-/m0/s1. The second-order valence-corrected chi connectivity index (χ2v) is 2.77. The third-order valence-corrected chi connectivity index (χ3v) is 2.00. The Bertz CT molecular complexity index is 226. The summed E-state index contributed by atoms with van der Waals surface area (Å²) in [5.41, 5.74) is 0. The van der Waals surface area contributed by atoms with Crippen LogP contribution in [0.1, 0.15) is 13.3 Å². The van der Waals surface area contributed by atoms with Crippen LogP contribution in [0.4, 0.5) is 0 Å². The zero-order valence-electron chi connectivity index (χ0n) is 7.46. The second kappa shape index (κ2) is 4.13. The van der Waals surface area contributed by atoms with Crippen LogP contribution in [0, 0.1) is 11.8 Å². The number of carbonyl (C=O) groups is 1. The van der Waals surface area contributed by atoms with Gasteiger partial charge in [-0.25, -0.2) is 0 Å². The molecular weight excluding hydrogens is 154 g/mol. The van der Waals surface area contributed by atoms with E-state index in [0.717, 1.165) is 13.0 Å². The summed E-state index contributed by atoms with van der Waals surface area (Å²) in [5.74, 6) is 5.02. The molecule has 0 spiro atoms. The molecule has 1 atom stereocenters. The van der Waals surface area contributed by atoms with Crippen molar-refractivity contribution in [2.75, 3.05) is 20.2 Å². The molecule has 0 aromatic rings. The van der Waals surface area contributed by atoms with Crippen molar-refractivity contribution >= 4 is 5.91 Å². The molecule has 0 aliphatic carbocycles. The lowest BCUT2D eigenvalue weighted by Crippen LogP contribution is -2.28. The first-order valence-corrected chi connectivity index (χ1v) is 4.02. The van der Waals surface area contributed by atoms with Gasteiger partial charge in [-0.1, -0.05) is 5.92 Å². The van der Waals surface area contributed by atoms with Crippen molar-refractivity contribution in [2.24, 2.45) is 0 Å². The fourth-order valence-corrected chi connectivity index (χ4v) is 1.29. The molecule has 1 aliphatic heterocycles. The summed E-state index contributed by atoms with van der Waals surface area (Å²) in [7, 11) is 1.67. The van der Waals surface area contributed by atoms with Crippen LogP contribution in [-0.2, 0) is 9.53 Å². The summed E-state index contributed by atoms with van der Waals surface area (Å²) in [6.07, 6.45) is 1.13. The van der Waals surface area contributed by atoms with Gasteiger partial charge >= 0.3 is 0 Å². The van der Waals surface area contributed by atoms with Gasteiger partial charge < -0.3 is 9.64 Å². The molecule has 0 unspecified atom stereocenters. The molecule has 1 amide bonds. The fourth-order valence-electron chi connectivity index (χ4n) is 1.29. The molecule has 66 valence electrons. The van der Waals surface area contributed by atoms with E-state index in [9.17, 15) is 4.79 Å². The predicted octanol–water partition coefficient (Wildman–Crippen LogP) is 0.257. The molecular formula is C9H13NO2.